The summed E-state index contributed by atoms with van der Waals surface area (Å²) < 4.78 is 5.29. The molecule has 0 aliphatic heterocycles. The molecule has 1 aromatic carbocycles. The topological polar surface area (TPSA) is 133 Å². The molecule has 0 aliphatic carbocycles. The predicted molar refractivity (Wildman–Crippen MR) is 81.9 cm³/mol. The van der Waals surface area contributed by atoms with Crippen molar-refractivity contribution in [3.05, 3.63) is 39.9 Å². The Morgan fingerprint density at radius 1 is 1.30 bits per heavy atom. The first kappa shape index (κ1) is 18.6. The maximum Gasteiger partial charge on any atom is 0.315 e. The molecule has 0 fully saturated rings. The van der Waals surface area contributed by atoms with Gasteiger partial charge in [0, 0.05) is 18.2 Å². The van der Waals surface area contributed by atoms with Crippen LogP contribution in [0.2, 0.25) is 0 Å². The van der Waals surface area contributed by atoms with Gasteiger partial charge in [0.1, 0.15) is 5.60 Å². The van der Waals surface area contributed by atoms with E-state index in [2.05, 4.69) is 0 Å². The van der Waals surface area contributed by atoms with Crippen molar-refractivity contribution < 1.29 is 24.4 Å². The number of carbonyl (C=O) groups is 2. The molecule has 0 radical (unpaired) electrons. The summed E-state index contributed by atoms with van der Waals surface area (Å²) >= 11 is 0. The summed E-state index contributed by atoms with van der Waals surface area (Å²) in [6, 6.07) is 4.23. The minimum absolute atomic E-state index is 0.136. The third kappa shape index (κ3) is 5.67. The average molecular weight is 324 g/mol. The second-order valence-electron chi connectivity index (χ2n) is 6.12. The maximum absolute atomic E-state index is 12.4. The zero-order valence-corrected chi connectivity index (χ0v) is 13.2. The van der Waals surface area contributed by atoms with Gasteiger partial charge in [-0.25, -0.2) is 0 Å². The molecule has 1 rings (SSSR count). The van der Waals surface area contributed by atoms with Gasteiger partial charge in [0.15, 0.2) is 0 Å². The first-order valence-electron chi connectivity index (χ1n) is 6.96. The molecule has 8 heteroatoms. The highest BCUT2D eigenvalue weighted by Crippen LogP contribution is 2.26. The van der Waals surface area contributed by atoms with E-state index in [1.54, 1.807) is 20.8 Å². The van der Waals surface area contributed by atoms with Crippen molar-refractivity contribution in [2.24, 2.45) is 5.73 Å². The number of ether oxygens (including phenoxy) is 1. The second kappa shape index (κ2) is 7.19. The Balaban J connectivity index is 3.14. The van der Waals surface area contributed by atoms with Crippen LogP contribution in [0, 0.1) is 10.1 Å². The molecule has 0 amide bonds. The number of nitro benzene ring substituents is 1. The molecular weight excluding hydrogens is 304 g/mol. The molecule has 0 bridgehead atoms. The molecule has 0 unspecified atom stereocenters. The standard InChI is InChI=1S/C15H20N2O6/c1-15(2,3)23-14(20)13(11(16)8-12(18)19)9-4-6-10(7-5-9)17(21)22/h4-7,11,13H,8,16H2,1-3H3,(H,18,19)/t11-,13+/m1/s1. The lowest BCUT2D eigenvalue weighted by Gasteiger charge is -2.27. The third-order valence-electron chi connectivity index (χ3n) is 2.96. The van der Waals surface area contributed by atoms with Crippen LogP contribution in [0.15, 0.2) is 24.3 Å². The van der Waals surface area contributed by atoms with Gasteiger partial charge in [-0.15, -0.1) is 0 Å². The van der Waals surface area contributed by atoms with Crippen LogP contribution in [-0.4, -0.2) is 33.6 Å². The van der Waals surface area contributed by atoms with Crippen LogP contribution in [0.3, 0.4) is 0 Å². The van der Waals surface area contributed by atoms with Crippen LogP contribution < -0.4 is 5.73 Å². The van der Waals surface area contributed by atoms with Crippen LogP contribution >= 0.6 is 0 Å². The van der Waals surface area contributed by atoms with Crippen LogP contribution in [0.4, 0.5) is 5.69 Å². The van der Waals surface area contributed by atoms with Crippen LogP contribution in [-0.2, 0) is 14.3 Å². The fourth-order valence-electron chi connectivity index (χ4n) is 2.05. The number of esters is 1. The van der Waals surface area contributed by atoms with Gasteiger partial charge in [0.2, 0.25) is 0 Å². The molecule has 0 heterocycles. The molecule has 3 N–H and O–H groups in total. The second-order valence-corrected chi connectivity index (χ2v) is 6.12. The SMILES string of the molecule is CC(C)(C)OC(=O)[C@@H](c1ccc([N+](=O)[O-])cc1)[C@H](N)CC(=O)O. The molecule has 0 saturated carbocycles. The molecule has 1 aromatic rings. The Kier molecular flexibility index (Phi) is 5.80. The molecule has 0 spiro atoms. The Labute approximate surface area is 133 Å². The zero-order chi connectivity index (χ0) is 17.8. The smallest absolute Gasteiger partial charge is 0.315 e. The number of benzene rings is 1. The number of non-ortho nitro benzene ring substituents is 1. The van der Waals surface area contributed by atoms with E-state index in [1.165, 1.54) is 24.3 Å². The Bertz CT molecular complexity index is 591. The molecule has 0 aromatic heterocycles. The van der Waals surface area contributed by atoms with Crippen LogP contribution in [0.1, 0.15) is 38.7 Å². The number of hydrogen-bond acceptors (Lipinski definition) is 6. The van der Waals surface area contributed by atoms with Gasteiger partial charge in [0.25, 0.3) is 5.69 Å². The van der Waals surface area contributed by atoms with Gasteiger partial charge in [0.05, 0.1) is 17.3 Å². The number of rotatable bonds is 6. The van der Waals surface area contributed by atoms with Crippen molar-refractivity contribution in [3.8, 4) is 0 Å². The van der Waals surface area contributed by atoms with Crippen molar-refractivity contribution in [2.45, 2.75) is 44.8 Å². The minimum atomic E-state index is -1.15. The fraction of sp³-hybridized carbons (Fsp3) is 0.467. The van der Waals surface area contributed by atoms with E-state index in [0.29, 0.717) is 5.56 Å². The van der Waals surface area contributed by atoms with Crippen molar-refractivity contribution in [2.75, 3.05) is 0 Å². The highest BCUT2D eigenvalue weighted by molar-refractivity contribution is 5.81. The molecular formula is C15H20N2O6. The number of hydrogen-bond donors (Lipinski definition) is 2. The minimum Gasteiger partial charge on any atom is -0.481 e. The van der Waals surface area contributed by atoms with Crippen molar-refractivity contribution in [1.29, 1.82) is 0 Å². The monoisotopic (exact) mass is 324 g/mol. The number of carboxylic acid groups (broad SMARTS) is 1. The highest BCUT2D eigenvalue weighted by Gasteiger charge is 2.33. The summed E-state index contributed by atoms with van der Waals surface area (Å²) in [7, 11) is 0. The number of carbonyl (C=O) groups excluding carboxylic acids is 1. The number of aliphatic carboxylic acids is 1. The number of carboxylic acids is 1. The fourth-order valence-corrected chi connectivity index (χ4v) is 2.05. The van der Waals surface area contributed by atoms with Crippen molar-refractivity contribution in [3.63, 3.8) is 0 Å². The molecule has 0 aliphatic rings. The summed E-state index contributed by atoms with van der Waals surface area (Å²) in [5, 5.41) is 19.6. The van der Waals surface area contributed by atoms with Crippen LogP contribution in [0.25, 0.3) is 0 Å². The Morgan fingerprint density at radius 2 is 1.83 bits per heavy atom. The van der Waals surface area contributed by atoms with E-state index >= 15 is 0 Å². The third-order valence-corrected chi connectivity index (χ3v) is 2.96. The largest absolute Gasteiger partial charge is 0.481 e. The summed E-state index contributed by atoms with van der Waals surface area (Å²) in [6.45, 7) is 5.04. The van der Waals surface area contributed by atoms with Gasteiger partial charge in [-0.1, -0.05) is 12.1 Å². The van der Waals surface area contributed by atoms with Crippen molar-refractivity contribution in [1.82, 2.24) is 0 Å². The van der Waals surface area contributed by atoms with Gasteiger partial charge < -0.3 is 15.6 Å². The molecule has 2 atom stereocenters. The van der Waals surface area contributed by atoms with Gasteiger partial charge >= 0.3 is 11.9 Å². The first-order chi connectivity index (χ1) is 10.5. The molecule has 0 saturated heterocycles. The van der Waals surface area contributed by atoms with E-state index in [9.17, 15) is 19.7 Å². The van der Waals surface area contributed by atoms with E-state index in [0.717, 1.165) is 0 Å². The predicted octanol–water partition coefficient (Wildman–Crippen LogP) is 1.82. The van der Waals surface area contributed by atoms with E-state index < -0.39 is 40.8 Å². The Hall–Kier alpha value is -2.48. The number of nitrogens with zero attached hydrogens (tertiary/aromatic N) is 1. The summed E-state index contributed by atoms with van der Waals surface area (Å²) in [4.78, 5) is 33.4. The average Bonchev–Trinajstić information content (AvgIpc) is 2.36. The number of nitrogens with two attached hydrogens (primary N) is 1. The lowest BCUT2D eigenvalue weighted by Crippen LogP contribution is -2.39. The van der Waals surface area contributed by atoms with Crippen molar-refractivity contribution >= 4 is 17.6 Å². The lowest BCUT2D eigenvalue weighted by molar-refractivity contribution is -0.384. The van der Waals surface area contributed by atoms with Gasteiger partial charge in [-0.05, 0) is 26.3 Å². The zero-order valence-electron chi connectivity index (χ0n) is 13.2. The molecule has 8 nitrogen and oxygen atoms in total. The molecule has 126 valence electrons. The van der Waals surface area contributed by atoms with Crippen LogP contribution in [0.5, 0.6) is 0 Å². The summed E-state index contributed by atoms with van der Waals surface area (Å²) in [6.07, 6.45) is -0.430. The van der Waals surface area contributed by atoms with E-state index in [4.69, 9.17) is 15.6 Å². The Morgan fingerprint density at radius 3 is 2.22 bits per heavy atom. The van der Waals surface area contributed by atoms with E-state index in [-0.39, 0.29) is 5.69 Å². The molecule has 23 heavy (non-hydrogen) atoms. The van der Waals surface area contributed by atoms with Gasteiger partial charge in [-0.3, -0.25) is 19.7 Å². The lowest BCUT2D eigenvalue weighted by atomic mass is 9.89. The normalized spacial score (nSPS) is 13.9. The highest BCUT2D eigenvalue weighted by atomic mass is 16.6. The van der Waals surface area contributed by atoms with E-state index in [1.807, 2.05) is 0 Å². The summed E-state index contributed by atoms with van der Waals surface area (Å²) in [5.41, 5.74) is 5.33. The van der Waals surface area contributed by atoms with Gasteiger partial charge in [-0.2, -0.15) is 0 Å². The number of nitro groups is 1. The summed E-state index contributed by atoms with van der Waals surface area (Å²) in [5.74, 6) is -2.83. The quantitative estimate of drug-likeness (QED) is 0.463. The first-order valence-corrected chi connectivity index (χ1v) is 6.96. The maximum atomic E-state index is 12.4.